The van der Waals surface area contributed by atoms with E-state index in [0.717, 1.165) is 28.8 Å². The number of nitrogens with zero attached hydrogens (tertiary/aromatic N) is 2. The van der Waals surface area contributed by atoms with Gasteiger partial charge in [-0.2, -0.15) is 13.2 Å². The van der Waals surface area contributed by atoms with E-state index in [9.17, 15) is 18.3 Å². The molecule has 0 fully saturated rings. The second-order valence-corrected chi connectivity index (χ2v) is 7.44. The highest BCUT2D eigenvalue weighted by atomic mass is 19.4. The minimum absolute atomic E-state index is 0.0218. The lowest BCUT2D eigenvalue weighted by atomic mass is 10.1. The summed E-state index contributed by atoms with van der Waals surface area (Å²) in [7, 11) is 0. The molecule has 1 N–H and O–H groups in total. The lowest BCUT2D eigenvalue weighted by Gasteiger charge is -2.26. The fourth-order valence-corrected chi connectivity index (χ4v) is 3.24. The van der Waals surface area contributed by atoms with E-state index in [2.05, 4.69) is 16.0 Å². The minimum atomic E-state index is -4.39. The molecular formula is C24H25F3N2O2. The van der Waals surface area contributed by atoms with Crippen LogP contribution >= 0.6 is 0 Å². The van der Waals surface area contributed by atoms with Crippen LogP contribution in [-0.2, 0) is 19.3 Å². The maximum Gasteiger partial charge on any atom is 0.416 e. The zero-order valence-electron chi connectivity index (χ0n) is 17.2. The maximum absolute atomic E-state index is 12.7. The molecule has 0 amide bonds. The Morgan fingerprint density at radius 2 is 1.65 bits per heavy atom. The van der Waals surface area contributed by atoms with Crippen LogP contribution < -0.4 is 4.74 Å². The van der Waals surface area contributed by atoms with E-state index in [1.807, 2.05) is 37.3 Å². The Morgan fingerprint density at radius 3 is 2.29 bits per heavy atom. The van der Waals surface area contributed by atoms with Crippen molar-refractivity contribution in [3.8, 4) is 5.75 Å². The van der Waals surface area contributed by atoms with E-state index in [0.29, 0.717) is 19.6 Å². The number of hydrogen-bond acceptors (Lipinski definition) is 4. The predicted molar refractivity (Wildman–Crippen MR) is 112 cm³/mol. The molecule has 4 nitrogen and oxygen atoms in total. The van der Waals surface area contributed by atoms with Crippen molar-refractivity contribution in [2.75, 3.05) is 13.2 Å². The molecule has 0 bridgehead atoms. The highest BCUT2D eigenvalue weighted by molar-refractivity contribution is 5.29. The molecule has 1 aromatic heterocycles. The molecule has 2 aromatic carbocycles. The normalized spacial score (nSPS) is 12.7. The molecule has 1 unspecified atom stereocenters. The average molecular weight is 430 g/mol. The number of aliphatic hydroxyl groups is 1. The molecular weight excluding hydrogens is 405 g/mol. The number of hydrogen-bond donors (Lipinski definition) is 1. The highest BCUT2D eigenvalue weighted by Crippen LogP contribution is 2.30. The van der Waals surface area contributed by atoms with Gasteiger partial charge in [-0.1, -0.05) is 24.3 Å². The molecule has 0 aliphatic heterocycles. The summed E-state index contributed by atoms with van der Waals surface area (Å²) >= 11 is 0. The molecule has 3 rings (SSSR count). The van der Waals surface area contributed by atoms with E-state index in [4.69, 9.17) is 4.74 Å². The Kier molecular flexibility index (Phi) is 7.65. The molecule has 7 heteroatoms. The van der Waals surface area contributed by atoms with Gasteiger partial charge in [0, 0.05) is 32.0 Å². The first-order chi connectivity index (χ1) is 14.8. The van der Waals surface area contributed by atoms with Crippen LogP contribution in [0.1, 0.15) is 22.3 Å². The Balaban J connectivity index is 1.62. The van der Waals surface area contributed by atoms with Gasteiger partial charge in [0.05, 0.1) is 5.56 Å². The van der Waals surface area contributed by atoms with Crippen molar-refractivity contribution in [3.63, 3.8) is 0 Å². The van der Waals surface area contributed by atoms with Crippen LogP contribution in [0.15, 0.2) is 73.1 Å². The van der Waals surface area contributed by atoms with Crippen molar-refractivity contribution >= 4 is 0 Å². The molecule has 1 heterocycles. The summed E-state index contributed by atoms with van der Waals surface area (Å²) in [4.78, 5) is 6.15. The van der Waals surface area contributed by atoms with Crippen LogP contribution in [0.5, 0.6) is 5.75 Å². The maximum atomic E-state index is 12.7. The third kappa shape index (κ3) is 7.08. The van der Waals surface area contributed by atoms with Crippen molar-refractivity contribution in [1.82, 2.24) is 9.88 Å². The number of aliphatic hydroxyl groups excluding tert-OH is 1. The largest absolute Gasteiger partial charge is 0.491 e. The van der Waals surface area contributed by atoms with Crippen molar-refractivity contribution < 1.29 is 23.0 Å². The Morgan fingerprint density at radius 1 is 0.968 bits per heavy atom. The summed E-state index contributed by atoms with van der Waals surface area (Å²) < 4.78 is 43.5. The molecule has 3 aromatic rings. The van der Waals surface area contributed by atoms with Gasteiger partial charge in [-0.15, -0.1) is 0 Å². The van der Waals surface area contributed by atoms with Gasteiger partial charge in [0.2, 0.25) is 0 Å². The first-order valence-electron chi connectivity index (χ1n) is 9.95. The van der Waals surface area contributed by atoms with Crippen LogP contribution in [-0.4, -0.2) is 34.2 Å². The van der Waals surface area contributed by atoms with Gasteiger partial charge >= 0.3 is 6.18 Å². The van der Waals surface area contributed by atoms with Crippen LogP contribution in [0.4, 0.5) is 13.2 Å². The molecule has 164 valence electrons. The fraction of sp³-hybridized carbons (Fsp3) is 0.292. The Hall–Kier alpha value is -2.90. The predicted octanol–water partition coefficient (Wildman–Crippen LogP) is 4.85. The van der Waals surface area contributed by atoms with Gasteiger partial charge in [0.15, 0.2) is 0 Å². The smallest absolute Gasteiger partial charge is 0.416 e. The van der Waals surface area contributed by atoms with Gasteiger partial charge < -0.3 is 9.84 Å². The molecule has 0 radical (unpaired) electrons. The summed E-state index contributed by atoms with van der Waals surface area (Å²) in [6, 6.07) is 16.4. The summed E-state index contributed by atoms with van der Waals surface area (Å²) in [6.45, 7) is 3.63. The second kappa shape index (κ2) is 10.4. The molecule has 0 aliphatic carbocycles. The molecule has 0 spiro atoms. The number of ether oxygens (including phenoxy) is 1. The zero-order chi connectivity index (χ0) is 22.3. The van der Waals surface area contributed by atoms with Gasteiger partial charge in [-0.3, -0.25) is 9.88 Å². The Labute approximate surface area is 179 Å². The lowest BCUT2D eigenvalue weighted by molar-refractivity contribution is -0.137. The number of rotatable bonds is 9. The SMILES string of the molecule is Cc1ccccc1CN(Cc1ccncc1)CC(O)COc1ccc(C(F)(F)F)cc1. The summed E-state index contributed by atoms with van der Waals surface area (Å²) in [6.07, 6.45) is -1.74. The summed E-state index contributed by atoms with van der Waals surface area (Å²) in [5.74, 6) is 0.284. The van der Waals surface area contributed by atoms with Crippen LogP contribution in [0.2, 0.25) is 0 Å². The van der Waals surface area contributed by atoms with Crippen LogP contribution in [0.3, 0.4) is 0 Å². The van der Waals surface area contributed by atoms with Crippen molar-refractivity contribution in [2.24, 2.45) is 0 Å². The zero-order valence-corrected chi connectivity index (χ0v) is 17.2. The monoisotopic (exact) mass is 430 g/mol. The topological polar surface area (TPSA) is 45.6 Å². The number of pyridine rings is 1. The summed E-state index contributed by atoms with van der Waals surface area (Å²) in [5, 5.41) is 10.5. The molecule has 0 saturated carbocycles. The quantitative estimate of drug-likeness (QED) is 0.527. The van der Waals surface area contributed by atoms with Gasteiger partial charge in [0.25, 0.3) is 0 Å². The summed E-state index contributed by atoms with van der Waals surface area (Å²) in [5.41, 5.74) is 2.66. The van der Waals surface area contributed by atoms with Crippen LogP contribution in [0, 0.1) is 6.92 Å². The van der Waals surface area contributed by atoms with E-state index in [1.165, 1.54) is 12.1 Å². The second-order valence-electron chi connectivity index (χ2n) is 7.44. The number of halogens is 3. The van der Waals surface area contributed by atoms with Crippen molar-refractivity contribution in [2.45, 2.75) is 32.3 Å². The Bertz CT molecular complexity index is 947. The van der Waals surface area contributed by atoms with Gasteiger partial charge in [-0.05, 0) is 60.0 Å². The van der Waals surface area contributed by atoms with Gasteiger partial charge in [-0.25, -0.2) is 0 Å². The molecule has 1 atom stereocenters. The number of benzene rings is 2. The van der Waals surface area contributed by atoms with Crippen molar-refractivity contribution in [3.05, 3.63) is 95.3 Å². The standard InChI is InChI=1S/C24H25F3N2O2/c1-18-4-2-3-5-20(18)15-29(14-19-10-12-28-13-11-19)16-22(30)17-31-23-8-6-21(7-9-23)24(25,26)27/h2-13,22,30H,14-17H2,1H3. The third-order valence-corrected chi connectivity index (χ3v) is 4.90. The minimum Gasteiger partial charge on any atom is -0.491 e. The van der Waals surface area contributed by atoms with E-state index < -0.39 is 17.8 Å². The average Bonchev–Trinajstić information content (AvgIpc) is 2.74. The third-order valence-electron chi connectivity index (χ3n) is 4.90. The van der Waals surface area contributed by atoms with Gasteiger partial charge in [0.1, 0.15) is 18.5 Å². The molecule has 0 aliphatic rings. The number of aryl methyl sites for hydroxylation is 1. The highest BCUT2D eigenvalue weighted by Gasteiger charge is 2.30. The molecule has 0 saturated heterocycles. The lowest BCUT2D eigenvalue weighted by Crippen LogP contribution is -2.35. The number of alkyl halides is 3. The van der Waals surface area contributed by atoms with Crippen molar-refractivity contribution in [1.29, 1.82) is 0 Å². The first kappa shape index (κ1) is 22.8. The van der Waals surface area contributed by atoms with E-state index >= 15 is 0 Å². The number of aromatic nitrogens is 1. The molecule has 31 heavy (non-hydrogen) atoms. The van der Waals surface area contributed by atoms with Crippen LogP contribution in [0.25, 0.3) is 0 Å². The fourth-order valence-electron chi connectivity index (χ4n) is 3.24. The first-order valence-corrected chi connectivity index (χ1v) is 9.95. The van der Waals surface area contributed by atoms with E-state index in [-0.39, 0.29) is 12.4 Å². The van der Waals surface area contributed by atoms with E-state index in [1.54, 1.807) is 12.4 Å².